The van der Waals surface area contributed by atoms with Gasteiger partial charge >= 0.3 is 6.03 Å². The number of urea groups is 1. The van der Waals surface area contributed by atoms with E-state index in [1.807, 2.05) is 11.0 Å². The van der Waals surface area contributed by atoms with Crippen molar-refractivity contribution in [3.05, 3.63) is 28.2 Å². The van der Waals surface area contributed by atoms with Crippen molar-refractivity contribution in [2.75, 3.05) is 26.3 Å². The monoisotopic (exact) mass is 376 g/mol. The number of hydrogen-bond acceptors (Lipinski definition) is 4. The number of aromatic nitrogens is 2. The van der Waals surface area contributed by atoms with Crippen molar-refractivity contribution in [1.82, 2.24) is 20.0 Å². The maximum absolute atomic E-state index is 12.4. The first kappa shape index (κ1) is 19.9. The summed E-state index contributed by atoms with van der Waals surface area (Å²) in [4.78, 5) is 26.5. The zero-order valence-electron chi connectivity index (χ0n) is 16.7. The van der Waals surface area contributed by atoms with Crippen molar-refractivity contribution in [1.29, 1.82) is 0 Å². The Morgan fingerprint density at radius 2 is 1.85 bits per heavy atom. The van der Waals surface area contributed by atoms with Crippen LogP contribution in [0.1, 0.15) is 52.1 Å². The fraction of sp³-hybridized carbons (Fsp3) is 0.750. The van der Waals surface area contributed by atoms with E-state index in [4.69, 9.17) is 4.74 Å². The molecular weight excluding hydrogens is 344 g/mol. The summed E-state index contributed by atoms with van der Waals surface area (Å²) < 4.78 is 6.94. The summed E-state index contributed by atoms with van der Waals surface area (Å²) in [5.41, 5.74) is 0.791. The first-order chi connectivity index (χ1) is 12.8. The second kappa shape index (κ2) is 8.42. The number of rotatable bonds is 3. The van der Waals surface area contributed by atoms with Crippen molar-refractivity contribution in [3.8, 4) is 0 Å². The van der Waals surface area contributed by atoms with Crippen LogP contribution >= 0.6 is 0 Å². The Hall–Kier alpha value is -1.89. The predicted octanol–water partition coefficient (Wildman–Crippen LogP) is 2.14. The second-order valence-electron chi connectivity index (χ2n) is 8.76. The average molecular weight is 377 g/mol. The largest absolute Gasteiger partial charge is 0.381 e. The highest BCUT2D eigenvalue weighted by molar-refractivity contribution is 5.74. The molecule has 0 unspecified atom stereocenters. The molecule has 0 atom stereocenters. The molecule has 2 aliphatic heterocycles. The van der Waals surface area contributed by atoms with Gasteiger partial charge in [-0.25, -0.2) is 9.48 Å². The van der Waals surface area contributed by atoms with Crippen molar-refractivity contribution in [2.24, 2.45) is 5.92 Å². The van der Waals surface area contributed by atoms with Gasteiger partial charge in [0.05, 0.1) is 5.69 Å². The van der Waals surface area contributed by atoms with Gasteiger partial charge in [0.15, 0.2) is 0 Å². The summed E-state index contributed by atoms with van der Waals surface area (Å²) in [5.74, 6) is 0.373. The van der Waals surface area contributed by atoms with Gasteiger partial charge in [-0.2, -0.15) is 5.10 Å². The van der Waals surface area contributed by atoms with E-state index in [9.17, 15) is 9.59 Å². The van der Waals surface area contributed by atoms with Crippen LogP contribution in [-0.4, -0.2) is 53.1 Å². The molecule has 1 aromatic rings. The van der Waals surface area contributed by atoms with E-state index in [0.717, 1.165) is 57.7 Å². The number of piperidine rings is 1. The molecule has 3 heterocycles. The summed E-state index contributed by atoms with van der Waals surface area (Å²) in [6, 6.07) is 3.70. The quantitative estimate of drug-likeness (QED) is 0.877. The average Bonchev–Trinajstić information content (AvgIpc) is 2.64. The van der Waals surface area contributed by atoms with Gasteiger partial charge in [0.2, 0.25) is 0 Å². The minimum atomic E-state index is -0.0823. The molecule has 0 aliphatic carbocycles. The van der Waals surface area contributed by atoms with E-state index < -0.39 is 0 Å². The van der Waals surface area contributed by atoms with Crippen LogP contribution in [0.2, 0.25) is 0 Å². The second-order valence-corrected chi connectivity index (χ2v) is 8.76. The number of ether oxygens (including phenoxy) is 1. The summed E-state index contributed by atoms with van der Waals surface area (Å²) in [6.07, 6.45) is 3.58. The number of amides is 2. The molecule has 0 bridgehead atoms. The van der Waals surface area contributed by atoms with Crippen LogP contribution in [0.4, 0.5) is 4.79 Å². The van der Waals surface area contributed by atoms with E-state index in [2.05, 4.69) is 31.2 Å². The van der Waals surface area contributed by atoms with Gasteiger partial charge in [-0.05, 0) is 37.7 Å². The minimum Gasteiger partial charge on any atom is -0.381 e. The molecule has 2 aliphatic rings. The molecule has 0 radical (unpaired) electrons. The number of likely N-dealkylation sites (tertiary alicyclic amines) is 1. The lowest BCUT2D eigenvalue weighted by Gasteiger charge is -2.34. The first-order valence-corrected chi connectivity index (χ1v) is 10.0. The van der Waals surface area contributed by atoms with Crippen molar-refractivity contribution >= 4 is 6.03 Å². The molecule has 150 valence electrons. The zero-order chi connectivity index (χ0) is 19.4. The van der Waals surface area contributed by atoms with Gasteiger partial charge in [0.1, 0.15) is 0 Å². The van der Waals surface area contributed by atoms with Crippen LogP contribution in [0.25, 0.3) is 0 Å². The Morgan fingerprint density at radius 3 is 2.48 bits per heavy atom. The number of nitrogens with zero attached hydrogens (tertiary/aromatic N) is 3. The van der Waals surface area contributed by atoms with Crippen molar-refractivity contribution in [2.45, 2.75) is 64.5 Å². The van der Waals surface area contributed by atoms with Gasteiger partial charge in [-0.15, -0.1) is 0 Å². The maximum atomic E-state index is 12.4. The van der Waals surface area contributed by atoms with Crippen molar-refractivity contribution in [3.63, 3.8) is 0 Å². The number of hydrogen-bond donors (Lipinski definition) is 1. The third-order valence-electron chi connectivity index (χ3n) is 5.52. The minimum absolute atomic E-state index is 0.0328. The van der Waals surface area contributed by atoms with E-state index >= 15 is 0 Å². The Morgan fingerprint density at radius 1 is 1.19 bits per heavy atom. The molecule has 7 heteroatoms. The summed E-state index contributed by atoms with van der Waals surface area (Å²) in [7, 11) is 0. The Bertz CT molecular complexity index is 696. The molecular formula is C20H32N4O3. The number of carbonyl (C=O) groups excluding carboxylic acids is 1. The third kappa shape index (κ3) is 5.31. The van der Waals surface area contributed by atoms with E-state index in [1.165, 1.54) is 0 Å². The Labute approximate surface area is 161 Å². The zero-order valence-corrected chi connectivity index (χ0v) is 16.7. The summed E-state index contributed by atoms with van der Waals surface area (Å²) in [5, 5.41) is 7.69. The maximum Gasteiger partial charge on any atom is 0.317 e. The highest BCUT2D eigenvalue weighted by Gasteiger charge is 2.26. The normalized spacial score (nSPS) is 19.9. The van der Waals surface area contributed by atoms with Gasteiger partial charge < -0.3 is 15.0 Å². The van der Waals surface area contributed by atoms with Gasteiger partial charge in [0, 0.05) is 50.4 Å². The number of carbonyl (C=O) groups is 1. The Kier molecular flexibility index (Phi) is 6.19. The summed E-state index contributed by atoms with van der Waals surface area (Å²) >= 11 is 0. The molecule has 1 aromatic heterocycles. The van der Waals surface area contributed by atoms with Gasteiger partial charge in [-0.3, -0.25) is 4.79 Å². The standard InChI is InChI=1S/C20H32N4O3/c1-20(2,3)17-4-5-18(25)24(22-17)14-15-6-10-23(11-7-15)19(26)21-16-8-12-27-13-9-16/h4-5,15-16H,6-14H2,1-3H3,(H,21,26). The van der Waals surface area contributed by atoms with Crippen LogP contribution in [0.15, 0.2) is 16.9 Å². The lowest BCUT2D eigenvalue weighted by atomic mass is 9.92. The van der Waals surface area contributed by atoms with Crippen LogP contribution in [0.3, 0.4) is 0 Å². The molecule has 2 fully saturated rings. The predicted molar refractivity (Wildman–Crippen MR) is 104 cm³/mol. The van der Waals surface area contributed by atoms with E-state index in [1.54, 1.807) is 10.7 Å². The highest BCUT2D eigenvalue weighted by atomic mass is 16.5. The molecule has 0 aromatic carbocycles. The molecule has 27 heavy (non-hydrogen) atoms. The van der Waals surface area contributed by atoms with Crippen molar-refractivity contribution < 1.29 is 9.53 Å². The van der Waals surface area contributed by atoms with Crippen LogP contribution in [0, 0.1) is 5.92 Å². The SMILES string of the molecule is CC(C)(C)c1ccc(=O)n(CC2CCN(C(=O)NC3CCOCC3)CC2)n1. The lowest BCUT2D eigenvalue weighted by molar-refractivity contribution is 0.0769. The Balaban J connectivity index is 1.52. The van der Waals surface area contributed by atoms with Gasteiger partial charge in [-0.1, -0.05) is 20.8 Å². The lowest BCUT2D eigenvalue weighted by Crippen LogP contribution is -2.49. The first-order valence-electron chi connectivity index (χ1n) is 10.0. The molecule has 2 amide bonds. The smallest absolute Gasteiger partial charge is 0.317 e. The molecule has 7 nitrogen and oxygen atoms in total. The highest BCUT2D eigenvalue weighted by Crippen LogP contribution is 2.21. The van der Waals surface area contributed by atoms with Gasteiger partial charge in [0.25, 0.3) is 5.56 Å². The third-order valence-corrected chi connectivity index (χ3v) is 5.52. The molecule has 1 N–H and O–H groups in total. The van der Waals surface area contributed by atoms with Crippen LogP contribution in [-0.2, 0) is 16.7 Å². The molecule has 3 rings (SSSR count). The van der Waals surface area contributed by atoms with Crippen LogP contribution in [0.5, 0.6) is 0 Å². The molecule has 0 spiro atoms. The van der Waals surface area contributed by atoms with E-state index in [-0.39, 0.29) is 23.0 Å². The number of nitrogens with one attached hydrogen (secondary N) is 1. The molecule has 2 saturated heterocycles. The fourth-order valence-electron chi connectivity index (χ4n) is 3.65. The summed E-state index contributed by atoms with van der Waals surface area (Å²) in [6.45, 7) is 9.82. The fourth-order valence-corrected chi connectivity index (χ4v) is 3.65. The topological polar surface area (TPSA) is 76.5 Å². The van der Waals surface area contributed by atoms with E-state index in [0.29, 0.717) is 12.5 Å². The van der Waals surface area contributed by atoms with Crippen LogP contribution < -0.4 is 10.9 Å². The molecule has 0 saturated carbocycles.